The van der Waals surface area contributed by atoms with Crippen molar-refractivity contribution in [1.29, 1.82) is 0 Å². The lowest BCUT2D eigenvalue weighted by atomic mass is 10.1. The summed E-state index contributed by atoms with van der Waals surface area (Å²) in [6, 6.07) is 20.2. The van der Waals surface area contributed by atoms with Crippen LogP contribution in [0.25, 0.3) is 0 Å². The van der Waals surface area contributed by atoms with Gasteiger partial charge in [0.2, 0.25) is 0 Å². The van der Waals surface area contributed by atoms with Crippen molar-refractivity contribution in [3.63, 3.8) is 0 Å². The highest BCUT2D eigenvalue weighted by molar-refractivity contribution is 7.99. The molecule has 0 fully saturated rings. The molecule has 3 aromatic rings. The van der Waals surface area contributed by atoms with Crippen molar-refractivity contribution < 1.29 is 9.53 Å². The second-order valence-corrected chi connectivity index (χ2v) is 11.2. The fourth-order valence-corrected chi connectivity index (χ4v) is 4.67. The number of halogens is 2. The molecule has 0 heterocycles. The van der Waals surface area contributed by atoms with Gasteiger partial charge in [-0.15, -0.1) is 4.91 Å². The van der Waals surface area contributed by atoms with Crippen LogP contribution >= 0.6 is 35.1 Å². The number of hydrogen-bond acceptors (Lipinski definition) is 7. The minimum absolute atomic E-state index is 0.0775. The van der Waals surface area contributed by atoms with Crippen LogP contribution < -0.4 is 10.1 Å². The molecule has 0 aromatic heterocycles. The Labute approximate surface area is 226 Å². The predicted molar refractivity (Wildman–Crippen MR) is 150 cm³/mol. The highest BCUT2D eigenvalue weighted by Gasteiger charge is 2.23. The molecule has 0 atom stereocenters. The van der Waals surface area contributed by atoms with Crippen LogP contribution in [0, 0.1) is 4.91 Å². The van der Waals surface area contributed by atoms with Crippen LogP contribution in [0.3, 0.4) is 0 Å². The van der Waals surface area contributed by atoms with Crippen LogP contribution in [0.1, 0.15) is 31.9 Å². The maximum absolute atomic E-state index is 12.7. The van der Waals surface area contributed by atoms with E-state index >= 15 is 0 Å². The van der Waals surface area contributed by atoms with Gasteiger partial charge in [-0.2, -0.15) is 0 Å². The van der Waals surface area contributed by atoms with E-state index in [9.17, 15) is 9.70 Å². The van der Waals surface area contributed by atoms with Crippen LogP contribution in [0.5, 0.6) is 5.75 Å². The molecule has 190 valence electrons. The van der Waals surface area contributed by atoms with Gasteiger partial charge in [0.05, 0.1) is 22.2 Å². The van der Waals surface area contributed by atoms with Gasteiger partial charge in [0.25, 0.3) is 0 Å². The second kappa shape index (κ2) is 13.1. The number of anilines is 2. The largest absolute Gasteiger partial charge is 0.426 e. The summed E-state index contributed by atoms with van der Waals surface area (Å²) in [5, 5.41) is 4.21. The van der Waals surface area contributed by atoms with Crippen molar-refractivity contribution >= 4 is 52.5 Å². The van der Waals surface area contributed by atoms with E-state index in [1.54, 1.807) is 30.3 Å². The molecule has 3 rings (SSSR count). The molecule has 0 aliphatic rings. The maximum Gasteiger partial charge on any atom is 0.315 e. The smallest absolute Gasteiger partial charge is 0.315 e. The first-order valence-corrected chi connectivity index (χ1v) is 13.1. The first-order chi connectivity index (χ1) is 17.2. The Bertz CT molecular complexity index is 1170. The van der Waals surface area contributed by atoms with Crippen molar-refractivity contribution in [3.05, 3.63) is 92.8 Å². The summed E-state index contributed by atoms with van der Waals surface area (Å²) < 4.78 is 8.30. The molecular formula is C27H29Cl2N3O3S. The number of para-hydroxylation sites is 2. The molecule has 0 aliphatic carbocycles. The van der Waals surface area contributed by atoms with Gasteiger partial charge in [-0.05, 0) is 61.9 Å². The van der Waals surface area contributed by atoms with Crippen LogP contribution in [0.2, 0.25) is 10.0 Å². The lowest BCUT2D eigenvalue weighted by Gasteiger charge is -2.29. The number of carbonyl (C=O) groups excluding carboxylic acids is 1. The third-order valence-electron chi connectivity index (χ3n) is 5.47. The Morgan fingerprint density at radius 2 is 1.69 bits per heavy atom. The van der Waals surface area contributed by atoms with Crippen molar-refractivity contribution in [2.45, 2.75) is 38.5 Å². The van der Waals surface area contributed by atoms with E-state index in [0.717, 1.165) is 48.4 Å². The Morgan fingerprint density at radius 1 is 1.03 bits per heavy atom. The highest BCUT2D eigenvalue weighted by atomic mass is 35.5. The molecule has 0 aliphatic heterocycles. The zero-order valence-corrected chi connectivity index (χ0v) is 22.8. The zero-order valence-electron chi connectivity index (χ0n) is 20.5. The highest BCUT2D eigenvalue weighted by Crippen LogP contribution is 2.34. The molecule has 0 amide bonds. The standard InChI is InChI=1S/C27H29Cl2N3O3S/c1-4-32(18-27(2,3)36-31-34)17-19-12-14-21(15-13-19)35-25(33)16-20-8-5-6-11-24(20)30-26-22(28)9-7-10-23(26)29/h5-15,30H,4,16-18H2,1-3H3. The quantitative estimate of drug-likeness (QED) is 0.108. The Balaban J connectivity index is 1.62. The summed E-state index contributed by atoms with van der Waals surface area (Å²) in [6.07, 6.45) is 0.0775. The van der Waals surface area contributed by atoms with Crippen molar-refractivity contribution in [2.75, 3.05) is 18.4 Å². The van der Waals surface area contributed by atoms with E-state index in [1.165, 1.54) is 0 Å². The van der Waals surface area contributed by atoms with E-state index in [0.29, 0.717) is 21.5 Å². The molecule has 0 bridgehead atoms. The number of nitrogens with one attached hydrogen (secondary N) is 1. The zero-order chi connectivity index (χ0) is 26.1. The van der Waals surface area contributed by atoms with E-state index in [2.05, 4.69) is 21.7 Å². The Kier molecular flexibility index (Phi) is 10.2. The minimum atomic E-state index is -0.377. The molecule has 1 N–H and O–H groups in total. The maximum atomic E-state index is 12.7. The number of rotatable bonds is 12. The number of hydrogen-bond donors (Lipinski definition) is 1. The number of nitrogens with zero attached hydrogens (tertiary/aromatic N) is 2. The number of esters is 1. The topological polar surface area (TPSA) is 71.0 Å². The fraction of sp³-hybridized carbons (Fsp3) is 0.296. The summed E-state index contributed by atoms with van der Waals surface area (Å²) in [6.45, 7) is 8.37. The van der Waals surface area contributed by atoms with Crippen molar-refractivity contribution in [3.8, 4) is 5.75 Å². The van der Waals surface area contributed by atoms with Crippen molar-refractivity contribution in [1.82, 2.24) is 4.90 Å². The average Bonchev–Trinajstić information content (AvgIpc) is 2.83. The molecular weight excluding hydrogens is 517 g/mol. The summed E-state index contributed by atoms with van der Waals surface area (Å²) in [5.74, 6) is 0.102. The Morgan fingerprint density at radius 3 is 2.33 bits per heavy atom. The molecule has 9 heteroatoms. The van der Waals surface area contributed by atoms with E-state index < -0.39 is 0 Å². The van der Waals surface area contributed by atoms with Gasteiger partial charge >= 0.3 is 5.97 Å². The van der Waals surface area contributed by atoms with E-state index in [1.807, 2.05) is 50.2 Å². The van der Waals surface area contributed by atoms with Gasteiger partial charge in [-0.25, -0.2) is 0 Å². The summed E-state index contributed by atoms with van der Waals surface area (Å²) in [5.41, 5.74) is 3.16. The van der Waals surface area contributed by atoms with Gasteiger partial charge in [-0.1, -0.05) is 66.5 Å². The normalized spacial score (nSPS) is 11.4. The van der Waals surface area contributed by atoms with Crippen molar-refractivity contribution in [2.24, 2.45) is 4.58 Å². The first-order valence-electron chi connectivity index (χ1n) is 11.5. The number of nitroso groups, excluding NO2 is 1. The molecule has 36 heavy (non-hydrogen) atoms. The summed E-state index contributed by atoms with van der Waals surface area (Å²) in [4.78, 5) is 25.6. The molecule has 0 saturated carbocycles. The van der Waals surface area contributed by atoms with Gasteiger partial charge in [0.1, 0.15) is 5.75 Å². The molecule has 0 saturated heterocycles. The average molecular weight is 547 g/mol. The molecule has 0 unspecified atom stereocenters. The van der Waals surface area contributed by atoms with Gasteiger partial charge in [0, 0.05) is 40.1 Å². The monoisotopic (exact) mass is 545 g/mol. The molecule has 6 nitrogen and oxygen atoms in total. The first kappa shape index (κ1) is 28.0. The van der Waals surface area contributed by atoms with E-state index in [4.69, 9.17) is 27.9 Å². The van der Waals surface area contributed by atoms with Crippen LogP contribution in [-0.2, 0) is 17.8 Å². The lowest BCUT2D eigenvalue weighted by Crippen LogP contribution is -2.35. The van der Waals surface area contributed by atoms with Gasteiger partial charge in [0.15, 0.2) is 0 Å². The Hall–Kier alpha value is -2.58. The molecule has 3 aromatic carbocycles. The number of carbonyl (C=O) groups is 1. The van der Waals surface area contributed by atoms with E-state index in [-0.39, 0.29) is 17.1 Å². The molecule has 0 spiro atoms. The predicted octanol–water partition coefficient (Wildman–Crippen LogP) is 7.90. The summed E-state index contributed by atoms with van der Waals surface area (Å²) >= 11 is 13.6. The van der Waals surface area contributed by atoms with Gasteiger partial charge in [-0.3, -0.25) is 9.69 Å². The lowest BCUT2D eigenvalue weighted by molar-refractivity contribution is -0.133. The second-order valence-electron chi connectivity index (χ2n) is 8.90. The van der Waals surface area contributed by atoms with Gasteiger partial charge < -0.3 is 10.1 Å². The molecule has 0 radical (unpaired) electrons. The SMILES string of the molecule is CCN(Cc1ccc(OC(=O)Cc2ccccc2Nc2c(Cl)cccc2Cl)cc1)CC(C)(C)SN=O. The number of ether oxygens (including phenoxy) is 1. The van der Waals surface area contributed by atoms with Crippen LogP contribution in [0.15, 0.2) is 71.3 Å². The van der Waals surface area contributed by atoms with Crippen LogP contribution in [0.4, 0.5) is 11.4 Å². The fourth-order valence-electron chi connectivity index (χ4n) is 3.74. The summed E-state index contributed by atoms with van der Waals surface area (Å²) in [7, 11) is 0. The third-order valence-corrected chi connectivity index (χ3v) is 6.80. The number of benzene rings is 3. The minimum Gasteiger partial charge on any atom is -0.426 e. The third kappa shape index (κ3) is 8.23. The van der Waals surface area contributed by atoms with Crippen LogP contribution in [-0.4, -0.2) is 28.7 Å².